The number of amides is 1. The van der Waals surface area contributed by atoms with Crippen molar-refractivity contribution in [1.82, 2.24) is 20.0 Å². The average molecular weight is 427 g/mol. The maximum absolute atomic E-state index is 13.7. The minimum Gasteiger partial charge on any atom is -0.487 e. The minimum absolute atomic E-state index is 0. The first-order chi connectivity index (χ1) is 13.6. The van der Waals surface area contributed by atoms with Crippen LogP contribution < -0.4 is 10.1 Å². The lowest BCUT2D eigenvalue weighted by atomic mass is 10.1. The monoisotopic (exact) mass is 426 g/mol. The number of ether oxygens (including phenoxy) is 1. The molecule has 2 fully saturated rings. The zero-order chi connectivity index (χ0) is 19.5. The lowest BCUT2D eigenvalue weighted by Gasteiger charge is -2.31. The highest BCUT2D eigenvalue weighted by molar-refractivity contribution is 5.92. The summed E-state index contributed by atoms with van der Waals surface area (Å²) in [6.45, 7) is 2.94. The van der Waals surface area contributed by atoms with Crippen molar-refractivity contribution in [2.24, 2.45) is 0 Å². The lowest BCUT2D eigenvalue weighted by Crippen LogP contribution is -2.42. The molecule has 3 heterocycles. The van der Waals surface area contributed by atoms with Gasteiger partial charge in [-0.25, -0.2) is 8.78 Å². The van der Waals surface area contributed by atoms with Crippen LogP contribution in [0.25, 0.3) is 0 Å². The van der Waals surface area contributed by atoms with Crippen LogP contribution in [0.1, 0.15) is 42.2 Å². The van der Waals surface area contributed by atoms with Gasteiger partial charge in [0.1, 0.15) is 17.6 Å². The summed E-state index contributed by atoms with van der Waals surface area (Å²) in [7, 11) is 0. The van der Waals surface area contributed by atoms with E-state index in [9.17, 15) is 13.6 Å². The van der Waals surface area contributed by atoms with E-state index in [1.54, 1.807) is 11.0 Å². The van der Waals surface area contributed by atoms with Gasteiger partial charge in [0.25, 0.3) is 5.91 Å². The van der Waals surface area contributed by atoms with E-state index in [0.29, 0.717) is 37.7 Å². The number of rotatable bonds is 4. The standard InChI is InChI=1S/C20H24F2N4O2.ClH/c21-14-3-4-19(17(22)12-14)28-16-5-9-25(10-6-16)20(27)18-7-11-26(24-18)15-2-1-8-23-13-15;/h3-4,7,11-12,15-16,23H,1-2,5-6,8-10,13H2;1H. The maximum Gasteiger partial charge on any atom is 0.274 e. The molecule has 1 atom stereocenters. The summed E-state index contributed by atoms with van der Waals surface area (Å²) in [5, 5.41) is 7.83. The Kier molecular flexibility index (Phi) is 7.08. The van der Waals surface area contributed by atoms with Crippen molar-refractivity contribution in [3.8, 4) is 5.75 Å². The number of aromatic nitrogens is 2. The van der Waals surface area contributed by atoms with E-state index in [4.69, 9.17) is 4.74 Å². The number of halogens is 3. The van der Waals surface area contributed by atoms with Gasteiger partial charge in [-0.15, -0.1) is 12.4 Å². The third-order valence-electron chi connectivity index (χ3n) is 5.39. The van der Waals surface area contributed by atoms with Crippen LogP contribution in [0.2, 0.25) is 0 Å². The Morgan fingerprint density at radius 2 is 1.97 bits per heavy atom. The van der Waals surface area contributed by atoms with E-state index in [0.717, 1.165) is 32.0 Å². The average Bonchev–Trinajstić information content (AvgIpc) is 3.21. The van der Waals surface area contributed by atoms with Crippen LogP contribution in [-0.4, -0.2) is 52.9 Å². The van der Waals surface area contributed by atoms with E-state index in [2.05, 4.69) is 10.4 Å². The Labute approximate surface area is 174 Å². The number of nitrogens with one attached hydrogen (secondary N) is 1. The highest BCUT2D eigenvalue weighted by Crippen LogP contribution is 2.23. The van der Waals surface area contributed by atoms with E-state index in [1.807, 2.05) is 10.9 Å². The number of carbonyl (C=O) groups excluding carboxylic acids is 1. The number of nitrogens with zero attached hydrogens (tertiary/aromatic N) is 3. The van der Waals surface area contributed by atoms with Gasteiger partial charge in [-0.3, -0.25) is 9.48 Å². The first kappa shape index (κ1) is 21.5. The molecule has 1 unspecified atom stereocenters. The predicted octanol–water partition coefficient (Wildman–Crippen LogP) is 3.19. The van der Waals surface area contributed by atoms with Gasteiger partial charge in [-0.1, -0.05) is 0 Å². The van der Waals surface area contributed by atoms with Gasteiger partial charge in [0, 0.05) is 44.7 Å². The molecule has 2 aromatic rings. The van der Waals surface area contributed by atoms with Crippen molar-refractivity contribution in [2.45, 2.75) is 37.8 Å². The molecule has 29 heavy (non-hydrogen) atoms. The fraction of sp³-hybridized carbons (Fsp3) is 0.500. The summed E-state index contributed by atoms with van der Waals surface area (Å²) in [4.78, 5) is 14.5. The van der Waals surface area contributed by atoms with Crippen LogP contribution in [0, 0.1) is 11.6 Å². The lowest BCUT2D eigenvalue weighted by molar-refractivity contribution is 0.0581. The molecular weight excluding hydrogens is 402 g/mol. The van der Waals surface area contributed by atoms with E-state index in [-0.39, 0.29) is 30.2 Å². The van der Waals surface area contributed by atoms with Crippen LogP contribution in [-0.2, 0) is 0 Å². The summed E-state index contributed by atoms with van der Waals surface area (Å²) < 4.78 is 34.3. The predicted molar refractivity (Wildman–Crippen MR) is 107 cm³/mol. The van der Waals surface area contributed by atoms with Crippen molar-refractivity contribution in [3.05, 3.63) is 47.8 Å². The second kappa shape index (κ2) is 9.54. The van der Waals surface area contributed by atoms with Crippen LogP contribution in [0.15, 0.2) is 30.5 Å². The largest absolute Gasteiger partial charge is 0.487 e. The minimum atomic E-state index is -0.707. The number of piperidine rings is 2. The molecule has 6 nitrogen and oxygen atoms in total. The Morgan fingerprint density at radius 3 is 2.66 bits per heavy atom. The summed E-state index contributed by atoms with van der Waals surface area (Å²) >= 11 is 0. The number of hydrogen-bond donors (Lipinski definition) is 1. The SMILES string of the molecule is Cl.O=C(c1ccn(C2CCCNC2)n1)N1CCC(Oc2ccc(F)cc2F)CC1. The summed E-state index contributed by atoms with van der Waals surface area (Å²) in [6.07, 6.45) is 5.03. The maximum atomic E-state index is 13.7. The van der Waals surface area contributed by atoms with Gasteiger partial charge in [0.2, 0.25) is 0 Å². The third-order valence-corrected chi connectivity index (χ3v) is 5.39. The smallest absolute Gasteiger partial charge is 0.274 e. The van der Waals surface area contributed by atoms with Crippen LogP contribution >= 0.6 is 12.4 Å². The molecule has 1 amide bonds. The topological polar surface area (TPSA) is 59.4 Å². The molecule has 0 spiro atoms. The van der Waals surface area contributed by atoms with Crippen molar-refractivity contribution in [2.75, 3.05) is 26.2 Å². The zero-order valence-corrected chi connectivity index (χ0v) is 16.8. The normalized spacial score (nSPS) is 20.2. The molecule has 9 heteroatoms. The van der Waals surface area contributed by atoms with Crippen molar-refractivity contribution >= 4 is 18.3 Å². The molecule has 1 aromatic heterocycles. The Bertz CT molecular complexity index is 834. The quantitative estimate of drug-likeness (QED) is 0.815. The summed E-state index contributed by atoms with van der Waals surface area (Å²) in [5.41, 5.74) is 0.453. The molecule has 2 aliphatic rings. The van der Waals surface area contributed by atoms with Crippen LogP contribution in [0.4, 0.5) is 8.78 Å². The van der Waals surface area contributed by atoms with Gasteiger partial charge < -0.3 is 15.0 Å². The number of benzene rings is 1. The van der Waals surface area contributed by atoms with Crippen LogP contribution in [0.3, 0.4) is 0 Å². The van der Waals surface area contributed by atoms with Gasteiger partial charge in [0.15, 0.2) is 11.6 Å². The molecule has 1 aromatic carbocycles. The van der Waals surface area contributed by atoms with Gasteiger partial charge >= 0.3 is 0 Å². The van der Waals surface area contributed by atoms with E-state index in [1.165, 1.54) is 12.1 Å². The molecular formula is C20H25ClF2N4O2. The van der Waals surface area contributed by atoms with Crippen molar-refractivity contribution in [3.63, 3.8) is 0 Å². The molecule has 1 N–H and O–H groups in total. The van der Waals surface area contributed by atoms with E-state index >= 15 is 0 Å². The van der Waals surface area contributed by atoms with Crippen molar-refractivity contribution in [1.29, 1.82) is 0 Å². The second-order valence-corrected chi connectivity index (χ2v) is 7.37. The zero-order valence-electron chi connectivity index (χ0n) is 16.0. The molecule has 4 rings (SSSR count). The van der Waals surface area contributed by atoms with Crippen molar-refractivity contribution < 1.29 is 18.3 Å². The molecule has 0 aliphatic carbocycles. The van der Waals surface area contributed by atoms with Gasteiger partial charge in [0.05, 0.1) is 6.04 Å². The number of carbonyl (C=O) groups is 1. The van der Waals surface area contributed by atoms with Gasteiger partial charge in [-0.2, -0.15) is 5.10 Å². The summed E-state index contributed by atoms with van der Waals surface area (Å²) in [5.74, 6) is -1.38. The Hall–Kier alpha value is -2.19. The van der Waals surface area contributed by atoms with Crippen LogP contribution in [0.5, 0.6) is 5.75 Å². The molecule has 2 saturated heterocycles. The van der Waals surface area contributed by atoms with E-state index < -0.39 is 11.6 Å². The highest BCUT2D eigenvalue weighted by Gasteiger charge is 2.27. The second-order valence-electron chi connectivity index (χ2n) is 7.37. The number of hydrogen-bond acceptors (Lipinski definition) is 4. The molecule has 0 bridgehead atoms. The molecule has 158 valence electrons. The first-order valence-corrected chi connectivity index (χ1v) is 9.77. The molecule has 0 saturated carbocycles. The first-order valence-electron chi connectivity index (χ1n) is 9.77. The Balaban J connectivity index is 0.00000240. The number of likely N-dealkylation sites (tertiary alicyclic amines) is 1. The fourth-order valence-corrected chi connectivity index (χ4v) is 3.80. The highest BCUT2D eigenvalue weighted by atomic mass is 35.5. The fourth-order valence-electron chi connectivity index (χ4n) is 3.80. The Morgan fingerprint density at radius 1 is 1.17 bits per heavy atom. The summed E-state index contributed by atoms with van der Waals surface area (Å²) in [6, 6.07) is 5.35. The molecule has 2 aliphatic heterocycles. The molecule has 0 radical (unpaired) electrons. The van der Waals surface area contributed by atoms with Gasteiger partial charge in [-0.05, 0) is 37.6 Å². The third kappa shape index (κ3) is 5.05.